The molecule has 2 rings (SSSR count). The number of nitrogens with two attached hydrogens (primary N) is 1. The zero-order chi connectivity index (χ0) is 14.8. The Morgan fingerprint density at radius 2 is 1.95 bits per heavy atom. The van der Waals surface area contributed by atoms with Gasteiger partial charge in [-0.05, 0) is 30.3 Å². The summed E-state index contributed by atoms with van der Waals surface area (Å²) in [6.45, 7) is 0. The minimum atomic E-state index is -3.95. The van der Waals surface area contributed by atoms with Crippen molar-refractivity contribution in [1.29, 1.82) is 0 Å². The Labute approximate surface area is 126 Å². The second-order valence-corrected chi connectivity index (χ2v) is 6.19. The van der Waals surface area contributed by atoms with Crippen LogP contribution in [0.25, 0.3) is 0 Å². The first-order valence-corrected chi connectivity index (χ1v) is 7.55. The average molecular weight is 330 g/mol. The highest BCUT2D eigenvalue weighted by Gasteiger charge is 2.15. The van der Waals surface area contributed by atoms with Crippen LogP contribution in [0.4, 0.5) is 0 Å². The van der Waals surface area contributed by atoms with Gasteiger partial charge in [-0.1, -0.05) is 23.2 Å². The van der Waals surface area contributed by atoms with Crippen molar-refractivity contribution < 1.29 is 8.42 Å². The number of hydrogen-bond acceptors (Lipinski definition) is 3. The molecule has 2 N–H and O–H groups in total. The van der Waals surface area contributed by atoms with Gasteiger partial charge in [0.2, 0.25) is 0 Å². The largest absolute Gasteiger partial charge is 0.382 e. The predicted molar refractivity (Wildman–Crippen MR) is 78.6 cm³/mol. The molecule has 1 aromatic heterocycles. The van der Waals surface area contributed by atoms with E-state index in [1.807, 2.05) is 0 Å². The molecule has 0 spiro atoms. The van der Waals surface area contributed by atoms with Crippen LogP contribution in [0.3, 0.4) is 0 Å². The summed E-state index contributed by atoms with van der Waals surface area (Å²) in [5.41, 5.74) is 6.07. The number of aromatic nitrogens is 1. The molecule has 0 saturated carbocycles. The molecule has 0 radical (unpaired) electrons. The average Bonchev–Trinajstić information content (AvgIpc) is 2.42. The molecule has 20 heavy (non-hydrogen) atoms. The molecule has 0 saturated heterocycles. The maximum atomic E-state index is 12.1. The van der Waals surface area contributed by atoms with Crippen molar-refractivity contribution in [2.75, 3.05) is 0 Å². The normalized spacial score (nSPS) is 12.4. The van der Waals surface area contributed by atoms with Gasteiger partial charge in [-0.25, -0.2) is 0 Å². The second-order valence-electron chi connectivity index (χ2n) is 3.77. The Bertz CT molecular complexity index is 762. The molecule has 0 unspecified atom stereocenters. The molecule has 8 heteroatoms. The number of benzene rings is 1. The van der Waals surface area contributed by atoms with E-state index in [-0.39, 0.29) is 20.8 Å². The lowest BCUT2D eigenvalue weighted by Gasteiger charge is -2.03. The first-order valence-electron chi connectivity index (χ1n) is 5.36. The van der Waals surface area contributed by atoms with E-state index in [0.29, 0.717) is 5.56 Å². The number of rotatable bonds is 3. The summed E-state index contributed by atoms with van der Waals surface area (Å²) < 4.78 is 27.7. The molecule has 0 fully saturated rings. The lowest BCUT2D eigenvalue weighted by atomic mass is 10.3. The molecule has 1 aromatic carbocycles. The van der Waals surface area contributed by atoms with Crippen LogP contribution in [0.2, 0.25) is 10.0 Å². The van der Waals surface area contributed by atoms with E-state index in [1.54, 1.807) is 18.3 Å². The molecule has 0 atom stereocenters. The molecule has 2 aromatic rings. The van der Waals surface area contributed by atoms with E-state index < -0.39 is 10.0 Å². The fourth-order valence-corrected chi connectivity index (χ4v) is 2.73. The Kier molecular flexibility index (Phi) is 4.27. The molecule has 0 aliphatic carbocycles. The third-order valence-corrected chi connectivity index (χ3v) is 4.39. The summed E-state index contributed by atoms with van der Waals surface area (Å²) in [5, 5.41) is 0.387. The Morgan fingerprint density at radius 1 is 1.20 bits per heavy atom. The zero-order valence-corrected chi connectivity index (χ0v) is 12.3. The van der Waals surface area contributed by atoms with Gasteiger partial charge in [0.1, 0.15) is 5.84 Å². The van der Waals surface area contributed by atoms with Crippen LogP contribution in [0.1, 0.15) is 5.56 Å². The SMILES string of the molecule is N/C(=N/S(=O)(=O)c1ccc(Cl)c(Cl)c1)c1cccnc1. The molecule has 1 heterocycles. The molecule has 0 bridgehead atoms. The number of sulfonamides is 1. The highest BCUT2D eigenvalue weighted by atomic mass is 35.5. The zero-order valence-electron chi connectivity index (χ0n) is 9.99. The van der Waals surface area contributed by atoms with Gasteiger partial charge < -0.3 is 5.73 Å². The Balaban J connectivity index is 2.43. The predicted octanol–water partition coefficient (Wildman–Crippen LogP) is 2.48. The van der Waals surface area contributed by atoms with Crippen LogP contribution in [-0.2, 0) is 10.0 Å². The van der Waals surface area contributed by atoms with Crippen molar-refractivity contribution in [1.82, 2.24) is 4.98 Å². The molecule has 104 valence electrons. The fraction of sp³-hybridized carbons (Fsp3) is 0. The van der Waals surface area contributed by atoms with Crippen molar-refractivity contribution in [3.05, 3.63) is 58.3 Å². The van der Waals surface area contributed by atoms with Gasteiger partial charge in [-0.3, -0.25) is 4.98 Å². The lowest BCUT2D eigenvalue weighted by Crippen LogP contribution is -2.16. The summed E-state index contributed by atoms with van der Waals surface area (Å²) in [7, 11) is -3.95. The number of halogens is 2. The Morgan fingerprint density at radius 3 is 2.55 bits per heavy atom. The standard InChI is InChI=1S/C12H9Cl2N3O2S/c13-10-4-3-9(6-11(10)14)20(18,19)17-12(15)8-2-1-5-16-7-8/h1-7H,(H2,15,17). The summed E-state index contributed by atoms with van der Waals surface area (Å²) in [4.78, 5) is 3.76. The fourth-order valence-electron chi connectivity index (χ4n) is 1.39. The molecule has 5 nitrogen and oxygen atoms in total. The van der Waals surface area contributed by atoms with Gasteiger partial charge in [0.05, 0.1) is 14.9 Å². The molecule has 0 aliphatic rings. The summed E-state index contributed by atoms with van der Waals surface area (Å²) >= 11 is 11.5. The van der Waals surface area contributed by atoms with Crippen molar-refractivity contribution in [2.45, 2.75) is 4.90 Å². The van der Waals surface area contributed by atoms with Crippen LogP contribution >= 0.6 is 23.2 Å². The smallest absolute Gasteiger partial charge is 0.284 e. The van der Waals surface area contributed by atoms with Crippen LogP contribution in [-0.4, -0.2) is 19.2 Å². The van der Waals surface area contributed by atoms with Gasteiger partial charge in [-0.2, -0.15) is 8.42 Å². The van der Waals surface area contributed by atoms with E-state index in [2.05, 4.69) is 9.38 Å². The molecule has 0 amide bonds. The lowest BCUT2D eigenvalue weighted by molar-refractivity contribution is 0.598. The van der Waals surface area contributed by atoms with Gasteiger partial charge in [0.15, 0.2) is 0 Å². The molecule has 0 aliphatic heterocycles. The maximum Gasteiger partial charge on any atom is 0.284 e. The highest BCUT2D eigenvalue weighted by molar-refractivity contribution is 7.90. The van der Waals surface area contributed by atoms with Crippen molar-refractivity contribution >= 4 is 39.1 Å². The topological polar surface area (TPSA) is 85.4 Å². The maximum absolute atomic E-state index is 12.1. The van der Waals surface area contributed by atoms with Crippen LogP contribution in [0.15, 0.2) is 52.0 Å². The number of nitrogens with zero attached hydrogens (tertiary/aromatic N) is 2. The number of amidine groups is 1. The van der Waals surface area contributed by atoms with Crippen LogP contribution in [0, 0.1) is 0 Å². The third-order valence-electron chi connectivity index (χ3n) is 2.36. The van der Waals surface area contributed by atoms with Crippen molar-refractivity contribution in [3.8, 4) is 0 Å². The van der Waals surface area contributed by atoms with Crippen LogP contribution in [0.5, 0.6) is 0 Å². The van der Waals surface area contributed by atoms with Gasteiger partial charge in [0, 0.05) is 18.0 Å². The van der Waals surface area contributed by atoms with Crippen LogP contribution < -0.4 is 5.73 Å². The molecular weight excluding hydrogens is 321 g/mol. The number of hydrogen-bond donors (Lipinski definition) is 1. The van der Waals surface area contributed by atoms with E-state index in [9.17, 15) is 8.42 Å². The second kappa shape index (κ2) is 5.78. The van der Waals surface area contributed by atoms with E-state index in [0.717, 1.165) is 0 Å². The summed E-state index contributed by atoms with van der Waals surface area (Å²) in [5.74, 6) is -0.149. The quantitative estimate of drug-likeness (QED) is 0.692. The summed E-state index contributed by atoms with van der Waals surface area (Å²) in [6.07, 6.45) is 2.97. The van der Waals surface area contributed by atoms with E-state index in [4.69, 9.17) is 28.9 Å². The Hall–Kier alpha value is -1.63. The minimum Gasteiger partial charge on any atom is -0.382 e. The van der Waals surface area contributed by atoms with Gasteiger partial charge in [-0.15, -0.1) is 4.40 Å². The molecular formula is C12H9Cl2N3O2S. The van der Waals surface area contributed by atoms with Gasteiger partial charge in [0.25, 0.3) is 10.0 Å². The van der Waals surface area contributed by atoms with Crippen molar-refractivity contribution in [3.63, 3.8) is 0 Å². The summed E-state index contributed by atoms with van der Waals surface area (Å²) in [6, 6.07) is 7.15. The van der Waals surface area contributed by atoms with E-state index in [1.165, 1.54) is 24.4 Å². The first kappa shape index (κ1) is 14.8. The highest BCUT2D eigenvalue weighted by Crippen LogP contribution is 2.25. The number of pyridine rings is 1. The van der Waals surface area contributed by atoms with E-state index >= 15 is 0 Å². The van der Waals surface area contributed by atoms with Gasteiger partial charge >= 0.3 is 0 Å². The van der Waals surface area contributed by atoms with Crippen molar-refractivity contribution in [2.24, 2.45) is 10.1 Å². The monoisotopic (exact) mass is 329 g/mol. The first-order chi connectivity index (χ1) is 9.40. The minimum absolute atomic E-state index is 0.0845. The third kappa shape index (κ3) is 3.27.